The molecule has 1 fully saturated rings. The fraction of sp³-hybridized carbons (Fsp3) is 0.750. The molecule has 10 heteroatoms. The van der Waals surface area contributed by atoms with Crippen LogP contribution < -0.4 is 11.2 Å². The fourth-order valence-corrected chi connectivity index (χ4v) is 4.44. The van der Waals surface area contributed by atoms with E-state index in [9.17, 15) is 9.59 Å². The fourth-order valence-electron chi connectivity index (χ4n) is 3.08. The molecule has 9 nitrogen and oxygen atoms in total. The van der Waals surface area contributed by atoms with Crippen LogP contribution in [0.5, 0.6) is 0 Å². The predicted octanol–water partition coefficient (Wildman–Crippen LogP) is 3.60. The van der Waals surface area contributed by atoms with Gasteiger partial charge in [0.25, 0.3) is 0 Å². The van der Waals surface area contributed by atoms with Gasteiger partial charge in [-0.3, -0.25) is 4.57 Å². The average Bonchev–Trinajstić information content (AvgIpc) is 2.94. The van der Waals surface area contributed by atoms with Crippen molar-refractivity contribution in [3.63, 3.8) is 0 Å². The number of ether oxygens (including phenoxy) is 1. The van der Waals surface area contributed by atoms with Crippen LogP contribution in [0.1, 0.15) is 47.3 Å². The number of aromatic nitrogens is 2. The van der Waals surface area contributed by atoms with Crippen molar-refractivity contribution in [3.05, 3.63) is 22.7 Å². The van der Waals surface area contributed by atoms with Gasteiger partial charge in [0, 0.05) is 32.3 Å². The number of carbonyl (C=O) groups is 1. The summed E-state index contributed by atoms with van der Waals surface area (Å²) in [5.74, 6) is 0.284. The second-order valence-corrected chi connectivity index (χ2v) is 14.3. The third-order valence-electron chi connectivity index (χ3n) is 6.05. The number of rotatable bonds is 6. The van der Waals surface area contributed by atoms with Crippen molar-refractivity contribution in [1.82, 2.24) is 14.5 Å². The van der Waals surface area contributed by atoms with E-state index in [4.69, 9.17) is 14.0 Å². The Hall–Kier alpha value is -1.91. The van der Waals surface area contributed by atoms with E-state index >= 15 is 0 Å². The van der Waals surface area contributed by atoms with E-state index in [1.165, 1.54) is 9.47 Å². The van der Waals surface area contributed by atoms with Gasteiger partial charge < -0.3 is 18.9 Å². The minimum absolute atomic E-state index is 0.00415. The zero-order chi connectivity index (χ0) is 22.9. The minimum atomic E-state index is -2.08. The van der Waals surface area contributed by atoms with Gasteiger partial charge in [0.05, 0.1) is 12.2 Å². The summed E-state index contributed by atoms with van der Waals surface area (Å²) in [7, 11) is 1.03. The third-order valence-corrected chi connectivity index (χ3v) is 10.5. The molecule has 0 bridgehead atoms. The topological polar surface area (TPSA) is 94.9 Å². The van der Waals surface area contributed by atoms with Gasteiger partial charge in [-0.15, -0.1) is 0 Å². The Morgan fingerprint density at radius 2 is 2.00 bits per heavy atom. The summed E-state index contributed by atoms with van der Waals surface area (Å²) in [5, 5.41) is 0.0366. The lowest BCUT2D eigenvalue weighted by Gasteiger charge is -2.40. The molecule has 4 atom stereocenters. The summed E-state index contributed by atoms with van der Waals surface area (Å²) in [6.07, 6.45) is 1.02. The lowest BCUT2D eigenvalue weighted by Crippen LogP contribution is -2.47. The number of nitrogens with one attached hydrogen (secondary N) is 1. The Bertz CT molecular complexity index is 805. The maximum absolute atomic E-state index is 12.8. The molecule has 170 valence electrons. The molecule has 1 unspecified atom stereocenters. The maximum Gasteiger partial charge on any atom is 0.433 e. The Labute approximate surface area is 179 Å². The molecule has 2 rings (SSSR count). The first-order valence-electron chi connectivity index (χ1n) is 10.3. The van der Waals surface area contributed by atoms with Crippen LogP contribution in [0.2, 0.25) is 18.1 Å². The predicted molar refractivity (Wildman–Crippen MR) is 118 cm³/mol. The van der Waals surface area contributed by atoms with E-state index in [0.29, 0.717) is 0 Å². The first-order chi connectivity index (χ1) is 13.8. The van der Waals surface area contributed by atoms with Crippen molar-refractivity contribution in [2.24, 2.45) is 5.92 Å². The molecule has 0 spiro atoms. The Kier molecular flexibility index (Phi) is 7.36. The van der Waals surface area contributed by atoms with Gasteiger partial charge >= 0.3 is 11.8 Å². The normalized spacial score (nSPS) is 24.6. The number of hydrogen-bond acceptors (Lipinski definition) is 7. The van der Waals surface area contributed by atoms with Crippen LogP contribution >= 0.6 is 0 Å². The lowest BCUT2D eigenvalue weighted by atomic mass is 9.99. The molecule has 1 aliphatic heterocycles. The van der Waals surface area contributed by atoms with Gasteiger partial charge in [-0.1, -0.05) is 34.6 Å². The van der Waals surface area contributed by atoms with Crippen LogP contribution in [-0.4, -0.2) is 55.2 Å². The highest BCUT2D eigenvalue weighted by Gasteiger charge is 2.48. The summed E-state index contributed by atoms with van der Waals surface area (Å²) in [4.78, 5) is 34.4. The summed E-state index contributed by atoms with van der Waals surface area (Å²) in [6.45, 7) is 15.1. The van der Waals surface area contributed by atoms with Crippen LogP contribution in [0.4, 0.5) is 10.6 Å². The van der Waals surface area contributed by atoms with Gasteiger partial charge in [0.1, 0.15) is 0 Å². The zero-order valence-corrected chi connectivity index (χ0v) is 20.6. The molecule has 0 aliphatic carbocycles. The highest BCUT2D eigenvalue weighted by molar-refractivity contribution is 6.74. The zero-order valence-electron chi connectivity index (χ0n) is 19.6. The van der Waals surface area contributed by atoms with Crippen molar-refractivity contribution in [2.75, 3.05) is 19.6 Å². The van der Waals surface area contributed by atoms with Gasteiger partial charge in [-0.25, -0.2) is 9.59 Å². The van der Waals surface area contributed by atoms with Crippen molar-refractivity contribution in [2.45, 2.75) is 77.6 Å². The number of hydrogen-bond donors (Lipinski definition) is 1. The summed E-state index contributed by atoms with van der Waals surface area (Å²) < 4.78 is 14.4. The van der Waals surface area contributed by atoms with Crippen molar-refractivity contribution in [3.8, 4) is 0 Å². The van der Waals surface area contributed by atoms with E-state index in [2.05, 4.69) is 58.2 Å². The molecule has 1 saturated heterocycles. The van der Waals surface area contributed by atoms with Crippen molar-refractivity contribution in [1.29, 1.82) is 0 Å². The summed E-state index contributed by atoms with van der Waals surface area (Å²) >= 11 is 0. The van der Waals surface area contributed by atoms with Crippen LogP contribution in [0, 0.1) is 5.92 Å². The van der Waals surface area contributed by atoms with Gasteiger partial charge in [-0.2, -0.15) is 10.5 Å². The lowest BCUT2D eigenvalue weighted by molar-refractivity contribution is -0.0370. The second kappa shape index (κ2) is 9.07. The van der Waals surface area contributed by atoms with Crippen LogP contribution in [0.25, 0.3) is 0 Å². The second-order valence-electron chi connectivity index (χ2n) is 9.54. The molecule has 0 saturated carbocycles. The van der Waals surface area contributed by atoms with Crippen LogP contribution in [0.3, 0.4) is 0 Å². The minimum Gasteiger partial charge on any atom is -0.409 e. The molecule has 0 aromatic carbocycles. The monoisotopic (exact) mass is 440 g/mol. The Balaban J connectivity index is 2.28. The summed E-state index contributed by atoms with van der Waals surface area (Å²) in [5.41, 5.74) is 1.90. The molecule has 1 N–H and O–H groups in total. The molecule has 1 aromatic rings. The molecule has 1 amide bonds. The quantitative estimate of drug-likeness (QED) is 0.533. The van der Waals surface area contributed by atoms with Gasteiger partial charge in [-0.05, 0) is 24.6 Å². The van der Waals surface area contributed by atoms with E-state index in [1.54, 1.807) is 26.4 Å². The molecule has 2 heterocycles. The Morgan fingerprint density at radius 3 is 2.50 bits per heavy atom. The Morgan fingerprint density at radius 1 is 1.37 bits per heavy atom. The SMILES string of the molecule is CC[C@H]1O[C@@H](n2ccc(NOC(=O)N(C)C)nc2=O)[C@@H](O[Si](C)(C)C(C)(C)C)C1C. The largest absolute Gasteiger partial charge is 0.433 e. The van der Waals surface area contributed by atoms with E-state index in [1.807, 2.05) is 0 Å². The van der Waals surface area contributed by atoms with Crippen LogP contribution in [-0.2, 0) is 14.0 Å². The first kappa shape index (κ1) is 24.4. The molecule has 0 radical (unpaired) electrons. The standard InChI is InChI=1S/C20H36N4O5Si/c1-10-14-13(2)16(29-30(8,9)20(3,4)5)17(27-14)24-12-11-15(21-18(24)25)22-28-19(26)23(6)7/h11-14,16-17H,10H2,1-9H3,(H,21,22,25)/t13?,14-,16+,17-/m1/s1. The van der Waals surface area contributed by atoms with E-state index < -0.39 is 26.3 Å². The molecular weight excluding hydrogens is 404 g/mol. The van der Waals surface area contributed by atoms with Crippen molar-refractivity contribution < 1.29 is 18.8 Å². The molecular formula is C20H36N4O5Si. The summed E-state index contributed by atoms with van der Waals surface area (Å²) in [6, 6.07) is 1.57. The third kappa shape index (κ3) is 5.22. The van der Waals surface area contributed by atoms with Crippen molar-refractivity contribution >= 4 is 20.2 Å². The number of carbonyl (C=O) groups excluding carboxylic acids is 1. The van der Waals surface area contributed by atoms with Gasteiger partial charge in [0.15, 0.2) is 20.4 Å². The molecule has 1 aliphatic rings. The highest BCUT2D eigenvalue weighted by atomic mass is 28.4. The maximum atomic E-state index is 12.8. The first-order valence-corrected chi connectivity index (χ1v) is 13.3. The smallest absolute Gasteiger partial charge is 0.409 e. The van der Waals surface area contributed by atoms with E-state index in [-0.39, 0.29) is 29.0 Å². The van der Waals surface area contributed by atoms with Crippen LogP contribution in [0.15, 0.2) is 17.1 Å². The highest BCUT2D eigenvalue weighted by Crippen LogP contribution is 2.43. The number of nitrogens with zero attached hydrogens (tertiary/aromatic N) is 3. The number of amides is 1. The van der Waals surface area contributed by atoms with Gasteiger partial charge in [0.2, 0.25) is 0 Å². The average molecular weight is 441 g/mol. The number of anilines is 1. The van der Waals surface area contributed by atoms with E-state index in [0.717, 1.165) is 6.42 Å². The molecule has 30 heavy (non-hydrogen) atoms. The molecule has 1 aromatic heterocycles.